The number of rotatable bonds is 9. The third kappa shape index (κ3) is 6.47. The number of aromatic nitrogens is 1. The summed E-state index contributed by atoms with van der Waals surface area (Å²) in [6.45, 7) is 7.29. The molecule has 0 atom stereocenters. The summed E-state index contributed by atoms with van der Waals surface area (Å²) in [5.74, 6) is -0.208. The van der Waals surface area contributed by atoms with Crippen LogP contribution in [-0.4, -0.2) is 74.8 Å². The fourth-order valence-electron chi connectivity index (χ4n) is 4.63. The zero-order valence-corrected chi connectivity index (χ0v) is 23.8. The number of carbonyl (C=O) groups excluding carboxylic acids is 1. The van der Waals surface area contributed by atoms with Crippen molar-refractivity contribution in [3.05, 3.63) is 89.5 Å². The summed E-state index contributed by atoms with van der Waals surface area (Å²) in [5.41, 5.74) is 3.65. The summed E-state index contributed by atoms with van der Waals surface area (Å²) in [4.78, 5) is 22.3. The average molecular weight is 564 g/mol. The number of amides is 1. The summed E-state index contributed by atoms with van der Waals surface area (Å²) in [6, 6.07) is 21.9. The molecule has 1 aliphatic heterocycles. The number of aryl methyl sites for hydroxylation is 1. The smallest absolute Gasteiger partial charge is 0.251 e. The summed E-state index contributed by atoms with van der Waals surface area (Å²) in [7, 11) is -2.10. The van der Waals surface area contributed by atoms with Crippen molar-refractivity contribution in [2.24, 2.45) is 0 Å². The number of nitrogens with zero attached hydrogens (tertiary/aromatic N) is 4. The van der Waals surface area contributed by atoms with Crippen LogP contribution in [0.3, 0.4) is 0 Å². The lowest BCUT2D eigenvalue weighted by Gasteiger charge is -2.34. The first kappa shape index (κ1) is 27.3. The predicted octanol–water partition coefficient (Wildman–Crippen LogP) is 3.98. The van der Waals surface area contributed by atoms with E-state index in [1.807, 2.05) is 30.3 Å². The molecule has 1 amide bonds. The van der Waals surface area contributed by atoms with E-state index in [0.717, 1.165) is 48.9 Å². The lowest BCUT2D eigenvalue weighted by Crippen LogP contribution is -2.48. The molecular formula is C29H33N5O3S2. The number of carbonyl (C=O) groups is 1. The maximum absolute atomic E-state index is 13.0. The Labute approximate surface area is 233 Å². The Morgan fingerprint density at radius 3 is 2.44 bits per heavy atom. The van der Waals surface area contributed by atoms with E-state index in [4.69, 9.17) is 4.98 Å². The van der Waals surface area contributed by atoms with Crippen molar-refractivity contribution in [3.8, 4) is 0 Å². The number of thiazole rings is 1. The van der Waals surface area contributed by atoms with Crippen molar-refractivity contribution in [1.29, 1.82) is 0 Å². The summed E-state index contributed by atoms with van der Waals surface area (Å²) in [6.07, 6.45) is 0. The normalized spacial score (nSPS) is 14.7. The Hall–Kier alpha value is -3.31. The fourth-order valence-corrected chi connectivity index (χ4v) is 6.91. The number of benzene rings is 3. The van der Waals surface area contributed by atoms with Crippen LogP contribution in [0.5, 0.6) is 0 Å². The quantitative estimate of drug-likeness (QED) is 0.332. The predicted molar refractivity (Wildman–Crippen MR) is 157 cm³/mol. The van der Waals surface area contributed by atoms with Crippen LogP contribution in [0.4, 0.5) is 5.13 Å². The van der Waals surface area contributed by atoms with Gasteiger partial charge in [0.05, 0.1) is 15.1 Å². The third-order valence-electron chi connectivity index (χ3n) is 6.96. The molecule has 5 rings (SSSR count). The first-order valence-electron chi connectivity index (χ1n) is 13.0. The van der Waals surface area contributed by atoms with E-state index in [2.05, 4.69) is 40.2 Å². The van der Waals surface area contributed by atoms with Gasteiger partial charge in [0, 0.05) is 58.4 Å². The van der Waals surface area contributed by atoms with Gasteiger partial charge in [-0.2, -0.15) is 4.31 Å². The van der Waals surface area contributed by atoms with Gasteiger partial charge in [0.15, 0.2) is 5.13 Å². The van der Waals surface area contributed by atoms with Crippen molar-refractivity contribution in [2.45, 2.75) is 18.4 Å². The molecule has 4 aromatic rings. The SMILES string of the molecule is Cc1ccc2nc(N3CCN(CCNC(=O)c4ccc(S(=O)(=O)N(C)Cc5ccccc5)cc4)CC3)sc2c1. The average Bonchev–Trinajstić information content (AvgIpc) is 3.37. The second kappa shape index (κ2) is 11.8. The Morgan fingerprint density at radius 1 is 1.00 bits per heavy atom. The molecule has 0 bridgehead atoms. The molecule has 8 nitrogen and oxygen atoms in total. The van der Waals surface area contributed by atoms with Crippen LogP contribution in [0.15, 0.2) is 77.7 Å². The molecule has 1 aliphatic rings. The Balaban J connectivity index is 1.08. The van der Waals surface area contributed by atoms with Crippen LogP contribution < -0.4 is 10.2 Å². The first-order chi connectivity index (χ1) is 18.8. The van der Waals surface area contributed by atoms with Gasteiger partial charge < -0.3 is 10.2 Å². The Bertz CT molecular complexity index is 1530. The van der Waals surface area contributed by atoms with Gasteiger partial charge in [-0.25, -0.2) is 13.4 Å². The largest absolute Gasteiger partial charge is 0.351 e. The first-order valence-corrected chi connectivity index (χ1v) is 15.3. The number of piperazine rings is 1. The lowest BCUT2D eigenvalue weighted by molar-refractivity contribution is 0.0947. The molecular weight excluding hydrogens is 530 g/mol. The van der Waals surface area contributed by atoms with E-state index in [1.54, 1.807) is 30.5 Å². The van der Waals surface area contributed by atoms with Crippen LogP contribution >= 0.6 is 11.3 Å². The van der Waals surface area contributed by atoms with E-state index in [0.29, 0.717) is 12.1 Å². The topological polar surface area (TPSA) is 85.9 Å². The van der Waals surface area contributed by atoms with Crippen LogP contribution in [0.1, 0.15) is 21.5 Å². The van der Waals surface area contributed by atoms with Gasteiger partial charge >= 0.3 is 0 Å². The van der Waals surface area contributed by atoms with Crippen molar-refractivity contribution >= 4 is 42.6 Å². The van der Waals surface area contributed by atoms with E-state index in [-0.39, 0.29) is 17.3 Å². The zero-order chi connectivity index (χ0) is 27.4. The molecule has 1 fully saturated rings. The molecule has 204 valence electrons. The summed E-state index contributed by atoms with van der Waals surface area (Å²) < 4.78 is 28.4. The molecule has 2 heterocycles. The molecule has 1 N–H and O–H groups in total. The minimum absolute atomic E-state index is 0.165. The minimum atomic E-state index is -3.66. The highest BCUT2D eigenvalue weighted by Gasteiger charge is 2.22. The molecule has 1 saturated heterocycles. The molecule has 3 aromatic carbocycles. The monoisotopic (exact) mass is 563 g/mol. The third-order valence-corrected chi connectivity index (χ3v) is 9.86. The maximum atomic E-state index is 13.0. The molecule has 0 radical (unpaired) electrons. The number of fused-ring (bicyclic) bond motifs is 1. The van der Waals surface area contributed by atoms with E-state index in [9.17, 15) is 13.2 Å². The second-order valence-corrected chi connectivity index (χ2v) is 12.9. The molecule has 0 unspecified atom stereocenters. The van der Waals surface area contributed by atoms with E-state index in [1.165, 1.54) is 26.7 Å². The van der Waals surface area contributed by atoms with Crippen molar-refractivity contribution in [2.75, 3.05) is 51.2 Å². The highest BCUT2D eigenvalue weighted by molar-refractivity contribution is 7.89. The minimum Gasteiger partial charge on any atom is -0.351 e. The highest BCUT2D eigenvalue weighted by Crippen LogP contribution is 2.30. The van der Waals surface area contributed by atoms with E-state index >= 15 is 0 Å². The Morgan fingerprint density at radius 2 is 1.72 bits per heavy atom. The van der Waals surface area contributed by atoms with Gasteiger partial charge in [0.1, 0.15) is 0 Å². The summed E-state index contributed by atoms with van der Waals surface area (Å²) in [5, 5.41) is 4.03. The van der Waals surface area contributed by atoms with Gasteiger partial charge in [0.2, 0.25) is 10.0 Å². The number of hydrogen-bond acceptors (Lipinski definition) is 7. The summed E-state index contributed by atoms with van der Waals surface area (Å²) >= 11 is 1.74. The van der Waals surface area contributed by atoms with Gasteiger partial charge in [-0.15, -0.1) is 0 Å². The number of sulfonamides is 1. The van der Waals surface area contributed by atoms with Crippen LogP contribution in [-0.2, 0) is 16.6 Å². The molecule has 10 heteroatoms. The lowest BCUT2D eigenvalue weighted by atomic mass is 10.2. The van der Waals surface area contributed by atoms with Gasteiger partial charge in [-0.1, -0.05) is 47.7 Å². The van der Waals surface area contributed by atoms with Gasteiger partial charge in [0.25, 0.3) is 5.91 Å². The molecule has 1 aromatic heterocycles. The van der Waals surface area contributed by atoms with E-state index < -0.39 is 10.0 Å². The molecule has 39 heavy (non-hydrogen) atoms. The fraction of sp³-hybridized carbons (Fsp3) is 0.310. The van der Waals surface area contributed by atoms with Gasteiger partial charge in [-0.3, -0.25) is 9.69 Å². The highest BCUT2D eigenvalue weighted by atomic mass is 32.2. The molecule has 0 saturated carbocycles. The number of nitrogens with one attached hydrogen (secondary N) is 1. The maximum Gasteiger partial charge on any atom is 0.251 e. The molecule has 0 aliphatic carbocycles. The Kier molecular flexibility index (Phi) is 8.27. The van der Waals surface area contributed by atoms with Crippen molar-refractivity contribution < 1.29 is 13.2 Å². The van der Waals surface area contributed by atoms with Gasteiger partial charge in [-0.05, 0) is 54.4 Å². The van der Waals surface area contributed by atoms with Crippen LogP contribution in [0, 0.1) is 6.92 Å². The van der Waals surface area contributed by atoms with Crippen LogP contribution in [0.2, 0.25) is 0 Å². The van der Waals surface area contributed by atoms with Crippen molar-refractivity contribution in [1.82, 2.24) is 19.5 Å². The zero-order valence-electron chi connectivity index (χ0n) is 22.2. The van der Waals surface area contributed by atoms with Crippen LogP contribution in [0.25, 0.3) is 10.2 Å². The van der Waals surface area contributed by atoms with Crippen molar-refractivity contribution in [3.63, 3.8) is 0 Å². The standard InChI is InChI=1S/C29H33N5O3S2/c1-22-8-13-26-27(20-22)38-29(31-26)34-18-16-33(17-19-34)15-14-30-28(35)24-9-11-25(12-10-24)39(36,37)32(2)21-23-6-4-3-5-7-23/h3-13,20H,14-19,21H2,1-2H3,(H,30,35). The number of anilines is 1. The number of hydrogen-bond donors (Lipinski definition) is 1. The molecule has 0 spiro atoms. The second-order valence-electron chi connectivity index (χ2n) is 9.82.